The summed E-state index contributed by atoms with van der Waals surface area (Å²) in [5, 5.41) is 42.9. The first-order valence-corrected chi connectivity index (χ1v) is 26.3. The van der Waals surface area contributed by atoms with Gasteiger partial charge in [-0.3, -0.25) is 0 Å². The molecule has 71 heavy (non-hydrogen) atoms. The highest BCUT2D eigenvalue weighted by atomic mass is 32.2. The quantitative estimate of drug-likeness (QED) is 0.0632. The Balaban J connectivity index is 1.37. The van der Waals surface area contributed by atoms with Crippen molar-refractivity contribution in [2.75, 3.05) is 11.5 Å². The average molecular weight is 991 g/mol. The molecule has 0 atom stereocenters. The Hall–Kier alpha value is -5.58. The van der Waals surface area contributed by atoms with Crippen molar-refractivity contribution in [2.45, 2.75) is 171 Å². The van der Waals surface area contributed by atoms with Gasteiger partial charge in [-0.1, -0.05) is 171 Å². The molecule has 0 aliphatic carbocycles. The van der Waals surface area contributed by atoms with Gasteiger partial charge in [0, 0.05) is 37.1 Å². The van der Waals surface area contributed by atoms with Crippen LogP contribution in [0.2, 0.25) is 0 Å². The lowest BCUT2D eigenvalue weighted by molar-refractivity contribution is 0.283. The van der Waals surface area contributed by atoms with Crippen LogP contribution in [0.15, 0.2) is 149 Å². The van der Waals surface area contributed by atoms with Gasteiger partial charge in [0.2, 0.25) is 0 Å². The molecule has 0 unspecified atom stereocenters. The number of anilines is 2. The van der Waals surface area contributed by atoms with Gasteiger partial charge >= 0.3 is 0 Å². The molecule has 0 fully saturated rings. The minimum absolute atomic E-state index is 0.0120. The van der Waals surface area contributed by atoms with Crippen LogP contribution in [-0.4, -0.2) is 10.2 Å². The van der Waals surface area contributed by atoms with Crippen LogP contribution in [0.25, 0.3) is 0 Å². The first-order valence-electron chi connectivity index (χ1n) is 24.7. The zero-order valence-electron chi connectivity index (χ0n) is 45.2. The SMILES string of the molecule is CC(C)(C)CC(C)(C)c1cc(Cc2cc(C(C)(C)CC(C)(C)C)cc(N=Nc3ccc(Sc4ccc(C(C)(C)C)cc4)cc3N)c2O)c(O)c(N=Nc2ccc(Sc3ccc(C(C)(C)C)cc3)cc2N)c1. The zero-order valence-corrected chi connectivity index (χ0v) is 46.8. The number of azo groups is 2. The third kappa shape index (κ3) is 14.8. The number of nitrogen functional groups attached to an aromatic ring is 2. The molecule has 0 saturated carbocycles. The molecule has 0 heterocycles. The zero-order chi connectivity index (χ0) is 52.5. The third-order valence-corrected chi connectivity index (χ3v) is 14.7. The number of phenolic OH excluding ortho intramolecular Hbond substituents is 2. The molecular formula is C61H78N6O2S2. The maximum Gasteiger partial charge on any atom is 0.146 e. The van der Waals surface area contributed by atoms with E-state index in [0.29, 0.717) is 45.3 Å². The Morgan fingerprint density at radius 1 is 0.380 bits per heavy atom. The van der Waals surface area contributed by atoms with Gasteiger partial charge in [0.25, 0.3) is 0 Å². The molecular weight excluding hydrogens is 913 g/mol. The van der Waals surface area contributed by atoms with Crippen LogP contribution in [0, 0.1) is 10.8 Å². The minimum atomic E-state index is -0.309. The Morgan fingerprint density at radius 2 is 0.690 bits per heavy atom. The monoisotopic (exact) mass is 991 g/mol. The van der Waals surface area contributed by atoms with Crippen LogP contribution >= 0.6 is 23.5 Å². The van der Waals surface area contributed by atoms with E-state index in [1.54, 1.807) is 23.5 Å². The van der Waals surface area contributed by atoms with Gasteiger partial charge < -0.3 is 21.7 Å². The molecule has 0 bridgehead atoms. The number of nitrogens with two attached hydrogens (primary N) is 2. The fourth-order valence-electron chi connectivity index (χ4n) is 9.53. The molecule has 6 aromatic carbocycles. The van der Waals surface area contributed by atoms with E-state index in [1.807, 2.05) is 60.7 Å². The maximum absolute atomic E-state index is 12.2. The lowest BCUT2D eigenvalue weighted by Crippen LogP contribution is -2.25. The van der Waals surface area contributed by atoms with Crippen LogP contribution in [-0.2, 0) is 28.1 Å². The Bertz CT molecular complexity index is 2710. The highest BCUT2D eigenvalue weighted by molar-refractivity contribution is 7.99. The largest absolute Gasteiger partial charge is 0.505 e. The molecule has 8 nitrogen and oxygen atoms in total. The Labute approximate surface area is 433 Å². The fourth-order valence-corrected chi connectivity index (χ4v) is 11.3. The summed E-state index contributed by atoms with van der Waals surface area (Å²) in [6, 6.07) is 36.7. The first-order chi connectivity index (χ1) is 32.8. The van der Waals surface area contributed by atoms with E-state index >= 15 is 0 Å². The van der Waals surface area contributed by atoms with Crippen LogP contribution in [0.1, 0.15) is 157 Å². The highest BCUT2D eigenvalue weighted by Gasteiger charge is 2.31. The summed E-state index contributed by atoms with van der Waals surface area (Å²) in [6.45, 7) is 35.5. The van der Waals surface area contributed by atoms with Crippen molar-refractivity contribution in [1.29, 1.82) is 0 Å². The van der Waals surface area contributed by atoms with Crippen LogP contribution in [0.4, 0.5) is 34.1 Å². The summed E-state index contributed by atoms with van der Waals surface area (Å²) in [6.07, 6.45) is 1.92. The molecule has 6 rings (SSSR count). The number of hydrogen-bond acceptors (Lipinski definition) is 10. The van der Waals surface area contributed by atoms with Gasteiger partial charge in [0.05, 0.1) is 11.4 Å². The lowest BCUT2D eigenvalue weighted by atomic mass is 9.71. The van der Waals surface area contributed by atoms with E-state index < -0.39 is 0 Å². The minimum Gasteiger partial charge on any atom is -0.505 e. The molecule has 10 heteroatoms. The van der Waals surface area contributed by atoms with E-state index in [2.05, 4.69) is 180 Å². The molecule has 0 radical (unpaired) electrons. The number of phenols is 2. The molecule has 0 saturated heterocycles. The molecule has 0 aliphatic heterocycles. The number of rotatable bonds is 14. The predicted molar refractivity (Wildman–Crippen MR) is 302 cm³/mol. The summed E-state index contributed by atoms with van der Waals surface area (Å²) in [4.78, 5) is 4.21. The van der Waals surface area contributed by atoms with Crippen molar-refractivity contribution in [1.82, 2.24) is 0 Å². The van der Waals surface area contributed by atoms with Crippen molar-refractivity contribution in [2.24, 2.45) is 31.3 Å². The summed E-state index contributed by atoms with van der Waals surface area (Å²) in [5.41, 5.74) is 21.1. The van der Waals surface area contributed by atoms with Gasteiger partial charge in [-0.2, -0.15) is 0 Å². The van der Waals surface area contributed by atoms with Crippen molar-refractivity contribution >= 4 is 57.6 Å². The molecule has 0 aromatic heterocycles. The summed E-state index contributed by atoms with van der Waals surface area (Å²) in [5.74, 6) is -0.0439. The topological polar surface area (TPSA) is 142 Å². The second-order valence-electron chi connectivity index (χ2n) is 25.0. The Kier molecular flexibility index (Phi) is 16.1. The molecule has 0 spiro atoms. The smallest absolute Gasteiger partial charge is 0.146 e. The van der Waals surface area contributed by atoms with Crippen molar-refractivity contribution in [3.8, 4) is 11.5 Å². The van der Waals surface area contributed by atoms with Gasteiger partial charge in [-0.15, -0.1) is 20.5 Å². The maximum atomic E-state index is 12.2. The fraction of sp³-hybridized carbons (Fsp3) is 0.410. The second-order valence-corrected chi connectivity index (χ2v) is 27.3. The van der Waals surface area contributed by atoms with E-state index in [0.717, 1.165) is 43.6 Å². The summed E-state index contributed by atoms with van der Waals surface area (Å²) >= 11 is 3.27. The molecule has 6 aromatic rings. The third-order valence-electron chi connectivity index (χ3n) is 12.7. The van der Waals surface area contributed by atoms with Crippen LogP contribution in [0.3, 0.4) is 0 Å². The van der Waals surface area contributed by atoms with E-state index in [1.165, 1.54) is 11.1 Å². The average Bonchev–Trinajstić information content (AvgIpc) is 3.23. The van der Waals surface area contributed by atoms with E-state index in [4.69, 9.17) is 11.5 Å². The number of aromatic hydroxyl groups is 2. The van der Waals surface area contributed by atoms with Crippen molar-refractivity contribution in [3.63, 3.8) is 0 Å². The van der Waals surface area contributed by atoms with Gasteiger partial charge in [-0.05, 0) is 140 Å². The van der Waals surface area contributed by atoms with Crippen LogP contribution < -0.4 is 11.5 Å². The standard InChI is InChI=1S/C61H78N6O2S2/c1-56(2,3)36-60(13,14)42-30-38(54(68)52(32-42)66-64-50-27-25-46(34-48(50)62)70-44-21-17-40(18-22-44)58(7,8)9)29-39-31-43(61(15,16)37-57(4,5)6)33-53(55(39)69)67-65-51-28-26-47(35-49(51)63)71-45-23-19-41(20-24-45)59(10,11)12/h17-28,30-35,68-69H,29,36-37,62-63H2,1-16H3. The van der Waals surface area contributed by atoms with Crippen molar-refractivity contribution < 1.29 is 10.2 Å². The van der Waals surface area contributed by atoms with Gasteiger partial charge in [0.1, 0.15) is 34.2 Å². The molecule has 376 valence electrons. The lowest BCUT2D eigenvalue weighted by Gasteiger charge is -2.34. The van der Waals surface area contributed by atoms with Gasteiger partial charge in [-0.25, -0.2) is 0 Å². The molecule has 6 N–H and O–H groups in total. The summed E-state index contributed by atoms with van der Waals surface area (Å²) in [7, 11) is 0. The first kappa shape index (κ1) is 54.7. The Morgan fingerprint density at radius 3 is 0.986 bits per heavy atom. The van der Waals surface area contributed by atoms with E-state index in [9.17, 15) is 10.2 Å². The number of benzene rings is 6. The van der Waals surface area contributed by atoms with Crippen molar-refractivity contribution in [3.05, 3.63) is 143 Å². The van der Waals surface area contributed by atoms with Crippen LogP contribution in [0.5, 0.6) is 11.5 Å². The number of nitrogens with zero attached hydrogens (tertiary/aromatic N) is 4. The summed E-state index contributed by atoms with van der Waals surface area (Å²) < 4.78 is 0. The number of hydrogen-bond donors (Lipinski definition) is 4. The van der Waals surface area contributed by atoms with E-state index in [-0.39, 0.29) is 50.4 Å². The highest BCUT2D eigenvalue weighted by Crippen LogP contribution is 2.47. The molecule has 0 aliphatic rings. The molecule has 0 amide bonds. The second kappa shape index (κ2) is 20.9. The van der Waals surface area contributed by atoms with Gasteiger partial charge in [0.15, 0.2) is 0 Å². The normalized spacial score (nSPS) is 13.2. The predicted octanol–water partition coefficient (Wildman–Crippen LogP) is 19.0.